The molecule has 0 unspecified atom stereocenters. The highest BCUT2D eigenvalue weighted by Crippen LogP contribution is 2.30. The van der Waals surface area contributed by atoms with Gasteiger partial charge in [0.15, 0.2) is 0 Å². The van der Waals surface area contributed by atoms with Crippen LogP contribution in [0, 0.1) is 0 Å². The Bertz CT molecular complexity index is 923. The summed E-state index contributed by atoms with van der Waals surface area (Å²) in [5.41, 5.74) is 3.88. The molecule has 2 aromatic heterocycles. The van der Waals surface area contributed by atoms with E-state index in [1.165, 1.54) is 11.3 Å². The molecule has 6 heteroatoms. The van der Waals surface area contributed by atoms with Gasteiger partial charge in [-0.25, -0.2) is 4.98 Å². The predicted molar refractivity (Wildman–Crippen MR) is 107 cm³/mol. The van der Waals surface area contributed by atoms with Crippen molar-refractivity contribution < 1.29 is 4.79 Å². The number of hydrogen-bond acceptors (Lipinski definition) is 5. The Morgan fingerprint density at radius 2 is 2.00 bits per heavy atom. The molecular formula is C20H20N4OS. The maximum Gasteiger partial charge on any atom is 0.212 e. The van der Waals surface area contributed by atoms with E-state index in [1.54, 1.807) is 0 Å². The molecule has 26 heavy (non-hydrogen) atoms. The molecule has 1 aliphatic rings. The van der Waals surface area contributed by atoms with Crippen LogP contribution in [0.25, 0.3) is 16.1 Å². The number of aromatic amines is 1. The third kappa shape index (κ3) is 3.21. The Morgan fingerprint density at radius 3 is 2.77 bits per heavy atom. The smallest absolute Gasteiger partial charge is 0.212 e. The second kappa shape index (κ2) is 7.27. The molecule has 0 atom stereocenters. The second-order valence-corrected chi connectivity index (χ2v) is 7.06. The molecule has 5 nitrogen and oxygen atoms in total. The molecule has 132 valence electrons. The van der Waals surface area contributed by atoms with Crippen LogP contribution in [0.4, 0.5) is 5.69 Å². The number of nitrogens with zero attached hydrogens (tertiary/aromatic N) is 2. The Kier molecular flexibility index (Phi) is 4.69. The SMILES string of the molecule is C=C(C(=O)c1csc(-c2cc[nH]c2)n1)c1ccccc1N1CCNCC1. The van der Waals surface area contributed by atoms with Gasteiger partial charge in [-0.2, -0.15) is 0 Å². The van der Waals surface area contributed by atoms with Gasteiger partial charge in [0.2, 0.25) is 5.78 Å². The Balaban J connectivity index is 1.61. The molecule has 1 aromatic carbocycles. The first-order chi connectivity index (χ1) is 12.7. The van der Waals surface area contributed by atoms with Gasteiger partial charge in [-0.05, 0) is 12.1 Å². The van der Waals surface area contributed by atoms with Crippen molar-refractivity contribution in [2.24, 2.45) is 0 Å². The number of Topliss-reactive ketones (excluding diaryl/α,β-unsaturated/α-hetero) is 1. The number of carbonyl (C=O) groups is 1. The van der Waals surface area contributed by atoms with Crippen molar-refractivity contribution in [3.63, 3.8) is 0 Å². The molecule has 2 N–H and O–H groups in total. The number of para-hydroxylation sites is 1. The van der Waals surface area contributed by atoms with Gasteiger partial charge in [-0.1, -0.05) is 24.8 Å². The molecule has 0 saturated carbocycles. The highest BCUT2D eigenvalue weighted by molar-refractivity contribution is 7.13. The highest BCUT2D eigenvalue weighted by atomic mass is 32.1. The fourth-order valence-electron chi connectivity index (χ4n) is 3.15. The van der Waals surface area contributed by atoms with Crippen molar-refractivity contribution in [3.8, 4) is 10.6 Å². The maximum atomic E-state index is 13.0. The van der Waals surface area contributed by atoms with Crippen LogP contribution in [0.2, 0.25) is 0 Å². The number of H-pyrrole nitrogens is 1. The molecule has 0 radical (unpaired) electrons. The largest absolute Gasteiger partial charge is 0.368 e. The molecule has 0 bridgehead atoms. The van der Waals surface area contributed by atoms with Crippen molar-refractivity contribution in [2.75, 3.05) is 31.1 Å². The molecular weight excluding hydrogens is 344 g/mol. The number of hydrogen-bond donors (Lipinski definition) is 2. The molecule has 3 heterocycles. The second-order valence-electron chi connectivity index (χ2n) is 6.20. The predicted octanol–water partition coefficient (Wildman–Crippen LogP) is 3.44. The van der Waals surface area contributed by atoms with Gasteiger partial charge in [-0.3, -0.25) is 4.79 Å². The van der Waals surface area contributed by atoms with Crippen LogP contribution in [-0.2, 0) is 0 Å². The van der Waals surface area contributed by atoms with Crippen molar-refractivity contribution in [1.29, 1.82) is 0 Å². The van der Waals surface area contributed by atoms with Crippen LogP contribution in [-0.4, -0.2) is 41.9 Å². The van der Waals surface area contributed by atoms with Crippen LogP contribution in [0.5, 0.6) is 0 Å². The van der Waals surface area contributed by atoms with E-state index >= 15 is 0 Å². The molecule has 4 rings (SSSR count). The average Bonchev–Trinajstić information content (AvgIpc) is 3.39. The number of aromatic nitrogens is 2. The zero-order valence-electron chi connectivity index (χ0n) is 14.4. The van der Waals surface area contributed by atoms with E-state index in [2.05, 4.69) is 32.8 Å². The quantitative estimate of drug-likeness (QED) is 0.538. The summed E-state index contributed by atoms with van der Waals surface area (Å²) in [6.07, 6.45) is 3.72. The van der Waals surface area contributed by atoms with Crippen LogP contribution < -0.4 is 10.2 Å². The first-order valence-corrected chi connectivity index (χ1v) is 9.49. The highest BCUT2D eigenvalue weighted by Gasteiger charge is 2.21. The fraction of sp³-hybridized carbons (Fsp3) is 0.200. The van der Waals surface area contributed by atoms with Crippen molar-refractivity contribution in [3.05, 3.63) is 65.9 Å². The van der Waals surface area contributed by atoms with Gasteiger partial charge < -0.3 is 15.2 Å². The Labute approximate surface area is 156 Å². The number of nitrogens with one attached hydrogen (secondary N) is 2. The van der Waals surface area contributed by atoms with Crippen molar-refractivity contribution >= 4 is 28.4 Å². The van der Waals surface area contributed by atoms with Crippen LogP contribution >= 0.6 is 11.3 Å². The van der Waals surface area contributed by atoms with E-state index in [9.17, 15) is 4.79 Å². The number of piperazine rings is 1. The summed E-state index contributed by atoms with van der Waals surface area (Å²) >= 11 is 1.47. The lowest BCUT2D eigenvalue weighted by Gasteiger charge is -2.31. The third-order valence-corrected chi connectivity index (χ3v) is 5.43. The summed E-state index contributed by atoms with van der Waals surface area (Å²) in [5.74, 6) is -0.120. The number of anilines is 1. The summed E-state index contributed by atoms with van der Waals surface area (Å²) in [5, 5.41) is 6.00. The molecule has 1 aliphatic heterocycles. The summed E-state index contributed by atoms with van der Waals surface area (Å²) in [7, 11) is 0. The monoisotopic (exact) mass is 364 g/mol. The summed E-state index contributed by atoms with van der Waals surface area (Å²) < 4.78 is 0. The average molecular weight is 364 g/mol. The number of thiazole rings is 1. The maximum absolute atomic E-state index is 13.0. The summed E-state index contributed by atoms with van der Waals surface area (Å²) in [6.45, 7) is 7.83. The molecule has 1 saturated heterocycles. The molecule has 0 aliphatic carbocycles. The Hall–Kier alpha value is -2.70. The molecule has 0 amide bonds. The van der Waals surface area contributed by atoms with E-state index in [4.69, 9.17) is 0 Å². The summed E-state index contributed by atoms with van der Waals surface area (Å²) in [6, 6.07) is 9.93. The number of benzene rings is 1. The van der Waals surface area contributed by atoms with E-state index in [-0.39, 0.29) is 5.78 Å². The third-order valence-electron chi connectivity index (χ3n) is 4.54. The molecule has 1 fully saturated rings. The normalized spacial score (nSPS) is 14.4. The van der Waals surface area contributed by atoms with Gasteiger partial charge in [0.1, 0.15) is 10.7 Å². The van der Waals surface area contributed by atoms with E-state index in [0.29, 0.717) is 11.3 Å². The van der Waals surface area contributed by atoms with Gasteiger partial charge in [0.05, 0.1) is 0 Å². The van der Waals surface area contributed by atoms with E-state index < -0.39 is 0 Å². The van der Waals surface area contributed by atoms with Crippen molar-refractivity contribution in [1.82, 2.24) is 15.3 Å². The number of carbonyl (C=O) groups excluding carboxylic acids is 1. The zero-order chi connectivity index (χ0) is 17.9. The fourth-order valence-corrected chi connectivity index (χ4v) is 3.95. The topological polar surface area (TPSA) is 61.0 Å². The summed E-state index contributed by atoms with van der Waals surface area (Å²) in [4.78, 5) is 22.8. The van der Waals surface area contributed by atoms with Gasteiger partial charge in [-0.15, -0.1) is 11.3 Å². The minimum atomic E-state index is -0.120. The van der Waals surface area contributed by atoms with Crippen LogP contribution in [0.1, 0.15) is 16.1 Å². The van der Waals surface area contributed by atoms with E-state index in [1.807, 2.05) is 42.0 Å². The number of allylic oxidation sites excluding steroid dienone is 1. The minimum Gasteiger partial charge on any atom is -0.368 e. The molecule has 0 spiro atoms. The standard InChI is InChI=1S/C20H20N4OS/c1-14(16-4-2-3-5-18(16)24-10-8-21-9-11-24)19(25)17-13-26-20(23-17)15-6-7-22-12-15/h2-7,12-13,21-22H,1,8-11H2. The first-order valence-electron chi connectivity index (χ1n) is 8.61. The lowest BCUT2D eigenvalue weighted by molar-refractivity contribution is 0.105. The number of ketones is 1. The van der Waals surface area contributed by atoms with Gasteiger partial charge in [0.25, 0.3) is 0 Å². The van der Waals surface area contributed by atoms with Gasteiger partial charge >= 0.3 is 0 Å². The molecule has 3 aromatic rings. The van der Waals surface area contributed by atoms with Crippen LogP contribution in [0.3, 0.4) is 0 Å². The van der Waals surface area contributed by atoms with E-state index in [0.717, 1.165) is 48.0 Å². The lowest BCUT2D eigenvalue weighted by atomic mass is 9.99. The van der Waals surface area contributed by atoms with Crippen LogP contribution in [0.15, 0.2) is 54.7 Å². The minimum absolute atomic E-state index is 0.120. The van der Waals surface area contributed by atoms with Gasteiger partial charge in [0, 0.05) is 66.3 Å². The number of rotatable bonds is 5. The zero-order valence-corrected chi connectivity index (χ0v) is 15.2. The lowest BCUT2D eigenvalue weighted by Crippen LogP contribution is -2.43. The van der Waals surface area contributed by atoms with Crippen molar-refractivity contribution in [2.45, 2.75) is 0 Å². The Morgan fingerprint density at radius 1 is 1.19 bits per heavy atom. The first kappa shape index (κ1) is 16.8.